The number of urea groups is 1. The molecule has 1 aliphatic rings. The van der Waals surface area contributed by atoms with Crippen LogP contribution in [0.2, 0.25) is 0 Å². The van der Waals surface area contributed by atoms with Crippen molar-refractivity contribution in [3.8, 4) is 23.3 Å². The fourth-order valence-electron chi connectivity index (χ4n) is 2.09. The van der Waals surface area contributed by atoms with Crippen molar-refractivity contribution in [1.29, 1.82) is 0 Å². The minimum Gasteiger partial charge on any atom is -0.454 e. The van der Waals surface area contributed by atoms with Gasteiger partial charge in [-0.3, -0.25) is 0 Å². The van der Waals surface area contributed by atoms with Gasteiger partial charge in [0, 0.05) is 12.1 Å². The summed E-state index contributed by atoms with van der Waals surface area (Å²) in [5.41, 5.74) is 1.87. The van der Waals surface area contributed by atoms with Crippen molar-refractivity contribution < 1.29 is 14.3 Å². The smallest absolute Gasteiger partial charge is 0.315 e. The van der Waals surface area contributed by atoms with E-state index in [1.165, 1.54) is 0 Å². The molecule has 2 N–H and O–H groups in total. The molecule has 0 radical (unpaired) electrons. The third-order valence-electron chi connectivity index (χ3n) is 3.23. The van der Waals surface area contributed by atoms with Crippen molar-refractivity contribution in [2.75, 3.05) is 13.3 Å². The quantitative estimate of drug-likeness (QED) is 0.855. The van der Waals surface area contributed by atoms with E-state index < -0.39 is 0 Å². The van der Waals surface area contributed by atoms with Gasteiger partial charge in [-0.05, 0) is 29.8 Å². The zero-order chi connectivity index (χ0) is 15.9. The number of rotatable bonds is 3. The molecule has 23 heavy (non-hydrogen) atoms. The lowest BCUT2D eigenvalue weighted by Crippen LogP contribution is -2.35. The molecule has 2 aromatic carbocycles. The maximum atomic E-state index is 11.7. The fraction of sp³-hybridized carbons (Fsp3) is 0.167. The number of hydrogen-bond donors (Lipinski definition) is 2. The average molecular weight is 308 g/mol. The Labute approximate surface area is 134 Å². The molecular formula is C18H16N2O3. The van der Waals surface area contributed by atoms with Gasteiger partial charge in [0.25, 0.3) is 0 Å². The Balaban J connectivity index is 1.42. The van der Waals surface area contributed by atoms with Gasteiger partial charge in [-0.25, -0.2) is 4.79 Å². The van der Waals surface area contributed by atoms with Crippen LogP contribution in [0.15, 0.2) is 48.5 Å². The average Bonchev–Trinajstić information content (AvgIpc) is 3.05. The van der Waals surface area contributed by atoms with Crippen molar-refractivity contribution in [1.82, 2.24) is 10.6 Å². The molecule has 2 amide bonds. The monoisotopic (exact) mass is 308 g/mol. The van der Waals surface area contributed by atoms with E-state index in [0.717, 1.165) is 16.9 Å². The molecule has 116 valence electrons. The van der Waals surface area contributed by atoms with Gasteiger partial charge in [-0.2, -0.15) is 0 Å². The standard InChI is InChI=1S/C18H16N2O3/c21-18(19-10-4-7-14-5-2-1-3-6-14)20-12-15-8-9-16-17(11-15)23-13-22-16/h1-3,5-6,8-9,11H,10,12-13H2,(H2,19,20,21). The second-order valence-electron chi connectivity index (χ2n) is 4.89. The Morgan fingerprint density at radius 1 is 1.04 bits per heavy atom. The number of fused-ring (bicyclic) bond motifs is 1. The highest BCUT2D eigenvalue weighted by atomic mass is 16.7. The molecule has 0 bridgehead atoms. The number of hydrogen-bond acceptors (Lipinski definition) is 3. The highest BCUT2D eigenvalue weighted by Crippen LogP contribution is 2.32. The Morgan fingerprint density at radius 3 is 2.74 bits per heavy atom. The van der Waals surface area contributed by atoms with E-state index in [4.69, 9.17) is 9.47 Å². The molecule has 1 heterocycles. The zero-order valence-corrected chi connectivity index (χ0v) is 12.5. The summed E-state index contributed by atoms with van der Waals surface area (Å²) in [6.07, 6.45) is 0. The lowest BCUT2D eigenvalue weighted by Gasteiger charge is -2.06. The van der Waals surface area contributed by atoms with Gasteiger partial charge >= 0.3 is 6.03 Å². The van der Waals surface area contributed by atoms with Crippen LogP contribution in [0.25, 0.3) is 0 Å². The Hall–Kier alpha value is -3.13. The van der Waals surface area contributed by atoms with Gasteiger partial charge in [0.05, 0.1) is 6.54 Å². The van der Waals surface area contributed by atoms with Gasteiger partial charge in [0.1, 0.15) is 0 Å². The van der Waals surface area contributed by atoms with E-state index in [1.54, 1.807) is 0 Å². The van der Waals surface area contributed by atoms with Gasteiger partial charge in [0.15, 0.2) is 11.5 Å². The van der Waals surface area contributed by atoms with Crippen LogP contribution in [0.4, 0.5) is 4.79 Å². The van der Waals surface area contributed by atoms with E-state index in [-0.39, 0.29) is 12.8 Å². The SMILES string of the molecule is O=C(NCC#Cc1ccccc1)NCc1ccc2c(c1)OCO2. The number of benzene rings is 2. The summed E-state index contributed by atoms with van der Waals surface area (Å²) in [7, 11) is 0. The number of amides is 2. The lowest BCUT2D eigenvalue weighted by molar-refractivity contribution is 0.174. The second kappa shape index (κ2) is 7.23. The van der Waals surface area contributed by atoms with Crippen molar-refractivity contribution in [2.45, 2.75) is 6.54 Å². The first kappa shape index (κ1) is 14.8. The fourth-order valence-corrected chi connectivity index (χ4v) is 2.09. The van der Waals surface area contributed by atoms with Gasteiger partial charge < -0.3 is 20.1 Å². The van der Waals surface area contributed by atoms with Crippen LogP contribution in [-0.4, -0.2) is 19.4 Å². The summed E-state index contributed by atoms with van der Waals surface area (Å²) in [5.74, 6) is 7.32. The molecule has 0 saturated heterocycles. The lowest BCUT2D eigenvalue weighted by atomic mass is 10.2. The Bertz CT molecular complexity index is 748. The molecule has 0 aliphatic carbocycles. The minimum atomic E-state index is -0.259. The first-order chi connectivity index (χ1) is 11.3. The predicted molar refractivity (Wildman–Crippen MR) is 86.1 cm³/mol. The van der Waals surface area contributed by atoms with Crippen molar-refractivity contribution in [2.24, 2.45) is 0 Å². The minimum absolute atomic E-state index is 0.243. The van der Waals surface area contributed by atoms with Crippen LogP contribution >= 0.6 is 0 Å². The number of ether oxygens (including phenoxy) is 2. The summed E-state index contributed by atoms with van der Waals surface area (Å²) in [6.45, 7) is 0.948. The highest BCUT2D eigenvalue weighted by molar-refractivity contribution is 5.74. The normalized spacial score (nSPS) is 11.3. The zero-order valence-electron chi connectivity index (χ0n) is 12.5. The topological polar surface area (TPSA) is 59.6 Å². The Morgan fingerprint density at radius 2 is 1.87 bits per heavy atom. The molecule has 3 rings (SSSR count). The molecule has 0 fully saturated rings. The molecular weight excluding hydrogens is 292 g/mol. The van der Waals surface area contributed by atoms with Crippen LogP contribution in [0.5, 0.6) is 11.5 Å². The van der Waals surface area contributed by atoms with E-state index in [2.05, 4.69) is 22.5 Å². The highest BCUT2D eigenvalue weighted by Gasteiger charge is 2.13. The molecule has 0 unspecified atom stereocenters. The number of carbonyl (C=O) groups excluding carboxylic acids is 1. The van der Waals surface area contributed by atoms with Crippen molar-refractivity contribution in [3.05, 3.63) is 59.7 Å². The van der Waals surface area contributed by atoms with Crippen LogP contribution in [0, 0.1) is 11.8 Å². The number of nitrogens with one attached hydrogen (secondary N) is 2. The molecule has 0 saturated carbocycles. The summed E-state index contributed by atoms with van der Waals surface area (Å²) in [4.78, 5) is 11.7. The first-order valence-corrected chi connectivity index (χ1v) is 7.25. The molecule has 5 nitrogen and oxygen atoms in total. The van der Waals surface area contributed by atoms with Crippen molar-refractivity contribution in [3.63, 3.8) is 0 Å². The summed E-state index contributed by atoms with van der Waals surface area (Å²) in [6, 6.07) is 15.0. The molecule has 0 spiro atoms. The summed E-state index contributed by atoms with van der Waals surface area (Å²) >= 11 is 0. The Kier molecular flexibility index (Phi) is 4.65. The summed E-state index contributed by atoms with van der Waals surface area (Å²) < 4.78 is 10.5. The van der Waals surface area contributed by atoms with Crippen LogP contribution in [0.3, 0.4) is 0 Å². The van der Waals surface area contributed by atoms with Gasteiger partial charge in [0.2, 0.25) is 6.79 Å². The molecule has 1 aliphatic heterocycles. The maximum absolute atomic E-state index is 11.7. The van der Waals surface area contributed by atoms with Crippen LogP contribution in [0.1, 0.15) is 11.1 Å². The van der Waals surface area contributed by atoms with E-state index in [1.807, 2.05) is 48.5 Å². The van der Waals surface area contributed by atoms with E-state index in [9.17, 15) is 4.79 Å². The maximum Gasteiger partial charge on any atom is 0.315 e. The molecule has 2 aromatic rings. The largest absolute Gasteiger partial charge is 0.454 e. The van der Waals surface area contributed by atoms with E-state index >= 15 is 0 Å². The first-order valence-electron chi connectivity index (χ1n) is 7.25. The van der Waals surface area contributed by atoms with E-state index in [0.29, 0.717) is 18.8 Å². The molecule has 0 atom stereocenters. The third-order valence-corrected chi connectivity index (χ3v) is 3.23. The van der Waals surface area contributed by atoms with Crippen LogP contribution in [-0.2, 0) is 6.54 Å². The number of carbonyl (C=O) groups is 1. The third kappa shape index (κ3) is 4.17. The van der Waals surface area contributed by atoms with Crippen molar-refractivity contribution >= 4 is 6.03 Å². The summed E-state index contributed by atoms with van der Waals surface area (Å²) in [5, 5.41) is 5.47. The molecule has 5 heteroatoms. The van der Waals surface area contributed by atoms with Gasteiger partial charge in [-0.1, -0.05) is 36.1 Å². The second-order valence-corrected chi connectivity index (χ2v) is 4.89. The van der Waals surface area contributed by atoms with Crippen LogP contribution < -0.4 is 20.1 Å². The predicted octanol–water partition coefficient (Wildman–Crippen LogP) is 2.27. The molecule has 0 aromatic heterocycles. The van der Waals surface area contributed by atoms with Gasteiger partial charge in [-0.15, -0.1) is 0 Å².